The average molecular weight is 394 g/mol. The van der Waals surface area contributed by atoms with Crippen molar-refractivity contribution in [3.63, 3.8) is 0 Å². The number of aryl methyl sites for hydroxylation is 1. The van der Waals surface area contributed by atoms with Gasteiger partial charge >= 0.3 is 5.69 Å². The first-order valence-electron chi connectivity index (χ1n) is 9.87. The summed E-state index contributed by atoms with van der Waals surface area (Å²) < 4.78 is 1.43. The molecule has 7 heteroatoms. The number of aromatic nitrogens is 3. The van der Waals surface area contributed by atoms with Crippen LogP contribution in [0.4, 0.5) is 0 Å². The summed E-state index contributed by atoms with van der Waals surface area (Å²) in [5.41, 5.74) is 0.987. The highest BCUT2D eigenvalue weighted by atomic mass is 16.2. The van der Waals surface area contributed by atoms with E-state index in [2.05, 4.69) is 15.3 Å². The quantitative estimate of drug-likeness (QED) is 0.671. The first kappa shape index (κ1) is 20.5. The van der Waals surface area contributed by atoms with Crippen LogP contribution in [0.3, 0.4) is 0 Å². The molecule has 0 saturated carbocycles. The Morgan fingerprint density at radius 1 is 1.17 bits per heavy atom. The Morgan fingerprint density at radius 2 is 1.86 bits per heavy atom. The Balaban J connectivity index is 2.18. The van der Waals surface area contributed by atoms with Crippen molar-refractivity contribution in [3.8, 4) is 0 Å². The topological polar surface area (TPSA) is 96.9 Å². The zero-order valence-electron chi connectivity index (χ0n) is 17.2. The van der Waals surface area contributed by atoms with Crippen molar-refractivity contribution in [1.29, 1.82) is 0 Å². The Morgan fingerprint density at radius 3 is 2.48 bits per heavy atom. The maximum atomic E-state index is 13.1. The zero-order valence-corrected chi connectivity index (χ0v) is 17.2. The van der Waals surface area contributed by atoms with Gasteiger partial charge < -0.3 is 5.32 Å². The van der Waals surface area contributed by atoms with Gasteiger partial charge in [0.1, 0.15) is 0 Å². The molecule has 3 rings (SSSR count). The van der Waals surface area contributed by atoms with Gasteiger partial charge in [0.25, 0.3) is 11.5 Å². The van der Waals surface area contributed by atoms with Crippen molar-refractivity contribution in [2.75, 3.05) is 0 Å². The molecule has 29 heavy (non-hydrogen) atoms. The molecular weight excluding hydrogens is 368 g/mol. The molecule has 0 aliphatic rings. The van der Waals surface area contributed by atoms with E-state index in [0.29, 0.717) is 18.7 Å². The first-order valence-corrected chi connectivity index (χ1v) is 9.87. The minimum absolute atomic E-state index is 0.0296. The van der Waals surface area contributed by atoms with Crippen LogP contribution in [0, 0.1) is 0 Å². The number of carbonyl (C=O) groups excluding carboxylic acids is 1. The lowest BCUT2D eigenvalue weighted by Gasteiger charge is -2.17. The lowest BCUT2D eigenvalue weighted by atomic mass is 10.0. The summed E-state index contributed by atoms with van der Waals surface area (Å²) >= 11 is 0. The summed E-state index contributed by atoms with van der Waals surface area (Å²) in [6.07, 6.45) is 0.696. The molecule has 3 aromatic rings. The van der Waals surface area contributed by atoms with Gasteiger partial charge in [0.15, 0.2) is 5.65 Å². The van der Waals surface area contributed by atoms with Crippen LogP contribution >= 0.6 is 0 Å². The van der Waals surface area contributed by atoms with Crippen molar-refractivity contribution in [2.45, 2.75) is 52.6 Å². The lowest BCUT2D eigenvalue weighted by Crippen LogP contribution is -2.34. The van der Waals surface area contributed by atoms with E-state index in [1.54, 1.807) is 6.07 Å². The minimum Gasteiger partial charge on any atom is -0.345 e. The summed E-state index contributed by atoms with van der Waals surface area (Å²) in [5.74, 6) is -0.343. The number of hydrogen-bond acceptors (Lipinski definition) is 4. The monoisotopic (exact) mass is 394 g/mol. The fourth-order valence-corrected chi connectivity index (χ4v) is 3.30. The number of benzene rings is 1. The highest BCUT2D eigenvalue weighted by molar-refractivity contribution is 6.05. The normalized spacial score (nSPS) is 12.3. The van der Waals surface area contributed by atoms with Crippen LogP contribution in [0.1, 0.15) is 67.7 Å². The molecule has 0 radical (unpaired) electrons. The highest BCUT2D eigenvalue weighted by Crippen LogP contribution is 2.21. The van der Waals surface area contributed by atoms with E-state index in [4.69, 9.17) is 0 Å². The number of pyridine rings is 1. The van der Waals surface area contributed by atoms with Crippen LogP contribution in [-0.4, -0.2) is 20.4 Å². The van der Waals surface area contributed by atoms with E-state index in [9.17, 15) is 14.4 Å². The van der Waals surface area contributed by atoms with Crippen LogP contribution in [0.2, 0.25) is 0 Å². The first-order chi connectivity index (χ1) is 13.8. The molecule has 0 saturated heterocycles. The smallest absolute Gasteiger partial charge is 0.329 e. The second kappa shape index (κ2) is 8.43. The molecule has 2 N–H and O–H groups in total. The summed E-state index contributed by atoms with van der Waals surface area (Å²) in [5, 5.41) is 3.10. The van der Waals surface area contributed by atoms with Gasteiger partial charge in [-0.15, -0.1) is 0 Å². The van der Waals surface area contributed by atoms with Crippen LogP contribution in [0.5, 0.6) is 0 Å². The third-order valence-corrected chi connectivity index (χ3v) is 4.90. The van der Waals surface area contributed by atoms with Gasteiger partial charge in [-0.1, -0.05) is 51.1 Å². The Bertz CT molecular complexity index is 1150. The van der Waals surface area contributed by atoms with Gasteiger partial charge in [0.05, 0.1) is 17.0 Å². The van der Waals surface area contributed by atoms with E-state index in [1.807, 2.05) is 58.0 Å². The van der Waals surface area contributed by atoms with Crippen molar-refractivity contribution < 1.29 is 4.79 Å². The third kappa shape index (κ3) is 4.13. The van der Waals surface area contributed by atoms with Crippen molar-refractivity contribution >= 4 is 16.9 Å². The molecule has 152 valence electrons. The van der Waals surface area contributed by atoms with E-state index >= 15 is 0 Å². The van der Waals surface area contributed by atoms with Crippen LogP contribution in [-0.2, 0) is 6.54 Å². The number of aromatic amines is 1. The van der Waals surface area contributed by atoms with E-state index in [1.165, 1.54) is 4.57 Å². The number of amides is 1. The zero-order chi connectivity index (χ0) is 21.1. The van der Waals surface area contributed by atoms with Gasteiger partial charge in [-0.2, -0.15) is 0 Å². The molecule has 0 aliphatic heterocycles. The maximum Gasteiger partial charge on any atom is 0.329 e. The molecule has 0 fully saturated rings. The summed E-state index contributed by atoms with van der Waals surface area (Å²) in [6.45, 7) is 8.14. The molecule has 2 heterocycles. The Labute approximate surface area is 168 Å². The largest absolute Gasteiger partial charge is 0.345 e. The average Bonchev–Trinajstić information content (AvgIpc) is 2.70. The second-order valence-corrected chi connectivity index (χ2v) is 7.46. The maximum absolute atomic E-state index is 13.1. The fraction of sp³-hybridized carbons (Fsp3) is 0.364. The summed E-state index contributed by atoms with van der Waals surface area (Å²) in [7, 11) is 0. The molecule has 0 bridgehead atoms. The van der Waals surface area contributed by atoms with Gasteiger partial charge in [0, 0.05) is 12.2 Å². The molecule has 2 aromatic heterocycles. The van der Waals surface area contributed by atoms with Gasteiger partial charge in [-0.05, 0) is 30.9 Å². The standard InChI is InChI=1S/C22H26N4O3/c1-5-11-26-19-18(21(28)25-22(26)29)16(12-17(24-19)13(2)3)20(27)23-14(4)15-9-7-6-8-10-15/h6-10,12-14H,5,11H2,1-4H3,(H,23,27)(H,25,28,29). The lowest BCUT2D eigenvalue weighted by molar-refractivity contribution is 0.0941. The molecule has 1 unspecified atom stereocenters. The molecule has 0 aliphatic carbocycles. The van der Waals surface area contributed by atoms with Gasteiger partial charge in [-0.3, -0.25) is 19.1 Å². The molecule has 0 spiro atoms. The molecular formula is C22H26N4O3. The van der Waals surface area contributed by atoms with Gasteiger partial charge in [-0.25, -0.2) is 9.78 Å². The SMILES string of the molecule is CCCn1c(=O)[nH]c(=O)c2c(C(=O)NC(C)c3ccccc3)cc(C(C)C)nc21. The van der Waals surface area contributed by atoms with Crippen LogP contribution in [0.15, 0.2) is 46.0 Å². The number of hydrogen-bond donors (Lipinski definition) is 2. The second-order valence-electron chi connectivity index (χ2n) is 7.46. The van der Waals surface area contributed by atoms with Crippen molar-refractivity contribution in [1.82, 2.24) is 19.9 Å². The molecule has 1 aromatic carbocycles. The Kier molecular flexibility index (Phi) is 5.96. The number of rotatable bonds is 6. The molecule has 1 atom stereocenters. The highest BCUT2D eigenvalue weighted by Gasteiger charge is 2.21. The number of nitrogens with zero attached hydrogens (tertiary/aromatic N) is 2. The number of fused-ring (bicyclic) bond motifs is 1. The van der Waals surface area contributed by atoms with E-state index in [-0.39, 0.29) is 34.5 Å². The predicted octanol–water partition coefficient (Wildman–Crippen LogP) is 3.11. The third-order valence-electron chi connectivity index (χ3n) is 4.90. The molecule has 7 nitrogen and oxygen atoms in total. The van der Waals surface area contributed by atoms with Crippen LogP contribution < -0.4 is 16.6 Å². The number of nitrogens with one attached hydrogen (secondary N) is 2. The van der Waals surface area contributed by atoms with E-state index < -0.39 is 11.2 Å². The fourth-order valence-electron chi connectivity index (χ4n) is 3.30. The van der Waals surface area contributed by atoms with Crippen molar-refractivity contribution in [3.05, 3.63) is 74.1 Å². The minimum atomic E-state index is -0.599. The van der Waals surface area contributed by atoms with Gasteiger partial charge in [0.2, 0.25) is 0 Å². The predicted molar refractivity (Wildman–Crippen MR) is 113 cm³/mol. The van der Waals surface area contributed by atoms with E-state index in [0.717, 1.165) is 5.56 Å². The number of H-pyrrole nitrogens is 1. The Hall–Kier alpha value is -3.22. The van der Waals surface area contributed by atoms with Crippen molar-refractivity contribution in [2.24, 2.45) is 0 Å². The van der Waals surface area contributed by atoms with Crippen LogP contribution in [0.25, 0.3) is 11.0 Å². The summed E-state index contributed by atoms with van der Waals surface area (Å²) in [6, 6.07) is 11.0. The number of carbonyl (C=O) groups is 1. The molecule has 1 amide bonds. The summed E-state index contributed by atoms with van der Waals surface area (Å²) in [4.78, 5) is 45.0.